The molecule has 0 aliphatic carbocycles. The summed E-state index contributed by atoms with van der Waals surface area (Å²) < 4.78 is 0. The van der Waals surface area contributed by atoms with Gasteiger partial charge in [0.15, 0.2) is 0 Å². The van der Waals surface area contributed by atoms with Gasteiger partial charge in [-0.25, -0.2) is 0 Å². The molecule has 0 aliphatic heterocycles. The van der Waals surface area contributed by atoms with Crippen LogP contribution in [-0.2, 0) is 0 Å². The Kier molecular flexibility index (Phi) is 3.91. The molecule has 0 saturated heterocycles. The number of fused-ring (bicyclic) bond motifs is 1. The molecule has 2 N–H and O–H groups in total. The Hall–Kier alpha value is -3.18. The molecule has 3 heterocycles. The molecule has 0 unspecified atom stereocenters. The number of amides is 1. The number of carbonyl (C=O) groups is 1. The minimum atomic E-state index is -0.274. The lowest BCUT2D eigenvalue weighted by molar-refractivity contribution is 0.102. The first-order valence-corrected chi connectivity index (χ1v) is 8.04. The number of H-pyrrole nitrogens is 1. The number of anilines is 1. The summed E-state index contributed by atoms with van der Waals surface area (Å²) in [6.45, 7) is 0. The predicted molar refractivity (Wildman–Crippen MR) is 98.7 cm³/mol. The van der Waals surface area contributed by atoms with Crippen molar-refractivity contribution in [3.63, 3.8) is 0 Å². The van der Waals surface area contributed by atoms with Gasteiger partial charge in [0.05, 0.1) is 10.7 Å². The quantitative estimate of drug-likeness (QED) is 0.571. The van der Waals surface area contributed by atoms with Crippen LogP contribution in [0.2, 0.25) is 5.02 Å². The molecular formula is C19H13ClN4O. The predicted octanol–water partition coefficient (Wildman–Crippen LogP) is 4.53. The van der Waals surface area contributed by atoms with Crippen molar-refractivity contribution < 1.29 is 4.79 Å². The highest BCUT2D eigenvalue weighted by Gasteiger charge is 2.10. The minimum absolute atomic E-state index is 0.274. The van der Waals surface area contributed by atoms with Crippen molar-refractivity contribution in [1.29, 1.82) is 0 Å². The van der Waals surface area contributed by atoms with Crippen LogP contribution in [0.1, 0.15) is 10.5 Å². The van der Waals surface area contributed by atoms with Gasteiger partial charge in [-0.1, -0.05) is 17.7 Å². The fourth-order valence-electron chi connectivity index (χ4n) is 2.59. The van der Waals surface area contributed by atoms with E-state index in [0.29, 0.717) is 22.1 Å². The molecule has 0 atom stereocenters. The second-order valence-corrected chi connectivity index (χ2v) is 5.91. The Bertz CT molecular complexity index is 1060. The van der Waals surface area contributed by atoms with Crippen LogP contribution in [-0.4, -0.2) is 20.9 Å². The number of aromatic amines is 1. The monoisotopic (exact) mass is 348 g/mol. The van der Waals surface area contributed by atoms with Gasteiger partial charge in [-0.3, -0.25) is 14.8 Å². The van der Waals surface area contributed by atoms with E-state index in [0.717, 1.165) is 16.5 Å². The maximum Gasteiger partial charge on any atom is 0.274 e. The van der Waals surface area contributed by atoms with Crippen molar-refractivity contribution in [2.24, 2.45) is 0 Å². The van der Waals surface area contributed by atoms with Crippen LogP contribution in [0.4, 0.5) is 5.69 Å². The van der Waals surface area contributed by atoms with Crippen LogP contribution in [0.25, 0.3) is 22.2 Å². The maximum absolute atomic E-state index is 12.4. The van der Waals surface area contributed by atoms with E-state index in [9.17, 15) is 4.79 Å². The average Bonchev–Trinajstić information content (AvgIpc) is 3.10. The molecule has 0 radical (unpaired) electrons. The van der Waals surface area contributed by atoms with Crippen LogP contribution in [0.5, 0.6) is 0 Å². The first kappa shape index (κ1) is 15.4. The van der Waals surface area contributed by atoms with E-state index in [2.05, 4.69) is 20.3 Å². The number of benzene rings is 1. The summed E-state index contributed by atoms with van der Waals surface area (Å²) in [5.74, 6) is -0.274. The summed E-state index contributed by atoms with van der Waals surface area (Å²) in [5, 5.41) is 4.48. The molecule has 4 rings (SSSR count). The van der Waals surface area contributed by atoms with E-state index in [4.69, 9.17) is 11.6 Å². The summed E-state index contributed by atoms with van der Waals surface area (Å²) in [6, 6.07) is 14.6. The number of carbonyl (C=O) groups excluding carboxylic acids is 1. The van der Waals surface area contributed by atoms with Gasteiger partial charge in [0, 0.05) is 35.4 Å². The second kappa shape index (κ2) is 6.37. The molecule has 4 aromatic rings. The van der Waals surface area contributed by atoms with Crippen molar-refractivity contribution in [3.05, 3.63) is 77.8 Å². The third-order valence-electron chi connectivity index (χ3n) is 3.84. The molecule has 0 fully saturated rings. The van der Waals surface area contributed by atoms with Gasteiger partial charge in [-0.2, -0.15) is 0 Å². The zero-order chi connectivity index (χ0) is 17.2. The molecule has 3 aromatic heterocycles. The van der Waals surface area contributed by atoms with Crippen LogP contribution in [0.3, 0.4) is 0 Å². The topological polar surface area (TPSA) is 70.7 Å². The van der Waals surface area contributed by atoms with Crippen molar-refractivity contribution in [2.75, 3.05) is 5.32 Å². The number of hydrogen-bond donors (Lipinski definition) is 2. The SMILES string of the molecule is O=C(Nc1ccc2cc[nH]c2c1)c1ccc(-c2ncccc2Cl)cn1. The molecule has 1 aromatic carbocycles. The van der Waals surface area contributed by atoms with E-state index in [1.807, 2.05) is 30.5 Å². The van der Waals surface area contributed by atoms with Crippen LogP contribution in [0, 0.1) is 0 Å². The lowest BCUT2D eigenvalue weighted by Gasteiger charge is -2.06. The highest BCUT2D eigenvalue weighted by molar-refractivity contribution is 6.33. The summed E-state index contributed by atoms with van der Waals surface area (Å²) in [5.41, 5.74) is 3.39. The number of halogens is 1. The summed E-state index contributed by atoms with van der Waals surface area (Å²) in [6.07, 6.45) is 5.12. The van der Waals surface area contributed by atoms with Gasteiger partial charge in [-0.05, 0) is 47.9 Å². The van der Waals surface area contributed by atoms with E-state index in [1.54, 1.807) is 36.7 Å². The Balaban J connectivity index is 1.55. The molecule has 0 aliphatic rings. The summed E-state index contributed by atoms with van der Waals surface area (Å²) >= 11 is 6.13. The van der Waals surface area contributed by atoms with E-state index >= 15 is 0 Å². The summed E-state index contributed by atoms with van der Waals surface area (Å²) in [4.78, 5) is 24.0. The fourth-order valence-corrected chi connectivity index (χ4v) is 2.82. The van der Waals surface area contributed by atoms with Gasteiger partial charge in [0.25, 0.3) is 5.91 Å². The first-order valence-electron chi connectivity index (χ1n) is 7.66. The standard InChI is InChI=1S/C19H13ClN4O/c20-15-2-1-8-22-18(15)13-4-6-16(23-11-13)19(25)24-14-5-3-12-7-9-21-17(12)10-14/h1-11,21H,(H,24,25). The smallest absolute Gasteiger partial charge is 0.274 e. The van der Waals surface area contributed by atoms with E-state index < -0.39 is 0 Å². The van der Waals surface area contributed by atoms with Crippen molar-refractivity contribution in [1.82, 2.24) is 15.0 Å². The number of hydrogen-bond acceptors (Lipinski definition) is 3. The van der Waals surface area contributed by atoms with Crippen molar-refractivity contribution >= 4 is 34.1 Å². The normalized spacial score (nSPS) is 10.8. The Labute approximate surface area is 148 Å². The zero-order valence-electron chi connectivity index (χ0n) is 13.0. The zero-order valence-corrected chi connectivity index (χ0v) is 13.8. The lowest BCUT2D eigenvalue weighted by atomic mass is 10.1. The Morgan fingerprint density at radius 1 is 1.08 bits per heavy atom. The molecule has 1 amide bonds. The van der Waals surface area contributed by atoms with Gasteiger partial charge >= 0.3 is 0 Å². The maximum atomic E-state index is 12.4. The number of aromatic nitrogens is 3. The number of pyridine rings is 2. The van der Waals surface area contributed by atoms with Gasteiger partial charge < -0.3 is 10.3 Å². The van der Waals surface area contributed by atoms with Crippen LogP contribution >= 0.6 is 11.6 Å². The number of nitrogens with one attached hydrogen (secondary N) is 2. The Morgan fingerprint density at radius 3 is 2.80 bits per heavy atom. The molecule has 0 spiro atoms. The third kappa shape index (κ3) is 3.09. The number of rotatable bonds is 3. The first-order chi connectivity index (χ1) is 12.2. The van der Waals surface area contributed by atoms with Gasteiger partial charge in [0.2, 0.25) is 0 Å². The third-order valence-corrected chi connectivity index (χ3v) is 4.15. The minimum Gasteiger partial charge on any atom is -0.361 e. The van der Waals surface area contributed by atoms with Crippen LogP contribution in [0.15, 0.2) is 67.1 Å². The average molecular weight is 349 g/mol. The molecule has 25 heavy (non-hydrogen) atoms. The van der Waals surface area contributed by atoms with Crippen LogP contribution < -0.4 is 5.32 Å². The molecule has 0 saturated carbocycles. The highest BCUT2D eigenvalue weighted by atomic mass is 35.5. The van der Waals surface area contributed by atoms with E-state index in [-0.39, 0.29) is 5.91 Å². The van der Waals surface area contributed by atoms with E-state index in [1.165, 1.54) is 0 Å². The lowest BCUT2D eigenvalue weighted by Crippen LogP contribution is -2.13. The number of nitrogens with zero attached hydrogens (tertiary/aromatic N) is 2. The molecule has 6 heteroatoms. The van der Waals surface area contributed by atoms with Crippen molar-refractivity contribution in [2.45, 2.75) is 0 Å². The molecule has 122 valence electrons. The highest BCUT2D eigenvalue weighted by Crippen LogP contribution is 2.24. The molecule has 5 nitrogen and oxygen atoms in total. The Morgan fingerprint density at radius 2 is 2.00 bits per heavy atom. The van der Waals surface area contributed by atoms with Gasteiger partial charge in [0.1, 0.15) is 5.69 Å². The fraction of sp³-hybridized carbons (Fsp3) is 0. The van der Waals surface area contributed by atoms with Crippen molar-refractivity contribution in [3.8, 4) is 11.3 Å². The largest absolute Gasteiger partial charge is 0.361 e. The second-order valence-electron chi connectivity index (χ2n) is 5.50. The van der Waals surface area contributed by atoms with Gasteiger partial charge in [-0.15, -0.1) is 0 Å². The molecule has 0 bridgehead atoms. The molecular weight excluding hydrogens is 336 g/mol. The summed E-state index contributed by atoms with van der Waals surface area (Å²) in [7, 11) is 0.